The van der Waals surface area contributed by atoms with Gasteiger partial charge < -0.3 is 9.42 Å². The fourth-order valence-electron chi connectivity index (χ4n) is 4.29. The number of piperazine rings is 1. The van der Waals surface area contributed by atoms with Crippen LogP contribution in [0.2, 0.25) is 0 Å². The number of carbonyl (C=O) groups excluding carboxylic acids is 1. The second-order valence-electron chi connectivity index (χ2n) is 8.69. The highest BCUT2D eigenvalue weighted by molar-refractivity contribution is 5.92. The Kier molecular flexibility index (Phi) is 6.43. The highest BCUT2D eigenvalue weighted by Crippen LogP contribution is 2.23. The van der Waals surface area contributed by atoms with E-state index in [1.54, 1.807) is 30.0 Å². The molecule has 2 aromatic carbocycles. The van der Waals surface area contributed by atoms with E-state index in [1.165, 1.54) is 16.8 Å². The molecule has 3 heterocycles. The van der Waals surface area contributed by atoms with Crippen LogP contribution in [0.15, 0.2) is 70.0 Å². The molecule has 0 aliphatic carbocycles. The Morgan fingerprint density at radius 1 is 1.03 bits per heavy atom. The lowest BCUT2D eigenvalue weighted by Crippen LogP contribution is -2.50. The van der Waals surface area contributed by atoms with Crippen LogP contribution >= 0.6 is 0 Å². The fourth-order valence-corrected chi connectivity index (χ4v) is 4.29. The molecule has 0 bridgehead atoms. The molecule has 10 heteroatoms. The van der Waals surface area contributed by atoms with Gasteiger partial charge in [-0.15, -0.1) is 0 Å². The summed E-state index contributed by atoms with van der Waals surface area (Å²) >= 11 is 0. The molecule has 0 unspecified atom stereocenters. The van der Waals surface area contributed by atoms with Gasteiger partial charge in [-0.3, -0.25) is 14.5 Å². The summed E-state index contributed by atoms with van der Waals surface area (Å²) in [5.41, 5.74) is 0.781. The highest BCUT2D eigenvalue weighted by Gasteiger charge is 2.30. The van der Waals surface area contributed by atoms with Crippen LogP contribution in [-0.4, -0.2) is 61.8 Å². The molecule has 0 radical (unpaired) electrons. The van der Waals surface area contributed by atoms with Crippen LogP contribution in [0, 0.1) is 12.7 Å². The Morgan fingerprint density at radius 3 is 2.44 bits per heavy atom. The SMILES string of the molecule is Cc1cc(=O)c(C(=O)N2CCN([C@@H](C)c3nc(-c4ccccc4)no3)CC2)nn1-c1ccccc1F. The van der Waals surface area contributed by atoms with Crippen molar-refractivity contribution in [2.24, 2.45) is 0 Å². The van der Waals surface area contributed by atoms with E-state index in [4.69, 9.17) is 4.52 Å². The van der Waals surface area contributed by atoms with E-state index >= 15 is 0 Å². The summed E-state index contributed by atoms with van der Waals surface area (Å²) in [5.74, 6) is 0.0696. The summed E-state index contributed by atoms with van der Waals surface area (Å²) < 4.78 is 21.1. The van der Waals surface area contributed by atoms with E-state index in [2.05, 4.69) is 20.1 Å². The van der Waals surface area contributed by atoms with E-state index in [9.17, 15) is 14.0 Å². The van der Waals surface area contributed by atoms with Gasteiger partial charge in [-0.25, -0.2) is 9.07 Å². The Labute approximate surface area is 206 Å². The van der Waals surface area contributed by atoms with E-state index in [-0.39, 0.29) is 17.4 Å². The molecule has 0 spiro atoms. The zero-order valence-electron chi connectivity index (χ0n) is 20.0. The van der Waals surface area contributed by atoms with Gasteiger partial charge >= 0.3 is 0 Å². The molecule has 4 aromatic rings. The second kappa shape index (κ2) is 9.82. The molecule has 0 saturated carbocycles. The predicted octanol–water partition coefficient (Wildman–Crippen LogP) is 3.25. The fraction of sp³-hybridized carbons (Fsp3) is 0.269. The maximum Gasteiger partial charge on any atom is 0.278 e. The number of benzene rings is 2. The van der Waals surface area contributed by atoms with Crippen molar-refractivity contribution in [2.45, 2.75) is 19.9 Å². The van der Waals surface area contributed by atoms with Gasteiger partial charge in [-0.05, 0) is 26.0 Å². The lowest BCUT2D eigenvalue weighted by Gasteiger charge is -2.36. The van der Waals surface area contributed by atoms with E-state index < -0.39 is 17.2 Å². The van der Waals surface area contributed by atoms with E-state index in [1.807, 2.05) is 37.3 Å². The van der Waals surface area contributed by atoms with Crippen LogP contribution in [0.1, 0.15) is 35.0 Å². The van der Waals surface area contributed by atoms with Crippen LogP contribution in [-0.2, 0) is 0 Å². The average Bonchev–Trinajstić information content (AvgIpc) is 3.40. The van der Waals surface area contributed by atoms with Gasteiger partial charge in [0, 0.05) is 43.5 Å². The van der Waals surface area contributed by atoms with Crippen LogP contribution in [0.4, 0.5) is 4.39 Å². The first kappa shape index (κ1) is 23.6. The standard InChI is InChI=1S/C26H25FN6O3/c1-17-16-22(34)23(29-33(17)21-11-7-6-10-20(21)27)26(35)32-14-12-31(13-15-32)18(2)25-28-24(30-36-25)19-8-4-3-5-9-19/h3-11,16,18H,12-15H2,1-2H3/t18-/m0/s1. The Balaban J connectivity index is 1.29. The minimum atomic E-state index is -0.491. The van der Waals surface area contributed by atoms with Gasteiger partial charge in [0.05, 0.1) is 6.04 Å². The third kappa shape index (κ3) is 4.55. The molecule has 184 valence electrons. The molecular formula is C26H25FN6O3. The highest BCUT2D eigenvalue weighted by atomic mass is 19.1. The Bertz CT molecular complexity index is 1440. The lowest BCUT2D eigenvalue weighted by molar-refractivity contribution is 0.0543. The van der Waals surface area contributed by atoms with Gasteiger partial charge in [0.25, 0.3) is 5.91 Å². The van der Waals surface area contributed by atoms with Crippen molar-refractivity contribution in [3.63, 3.8) is 0 Å². The summed E-state index contributed by atoms with van der Waals surface area (Å²) in [6.45, 7) is 5.55. The number of hydrogen-bond donors (Lipinski definition) is 0. The second-order valence-corrected chi connectivity index (χ2v) is 8.69. The maximum absolute atomic E-state index is 14.3. The van der Waals surface area contributed by atoms with Gasteiger partial charge in [0.2, 0.25) is 17.1 Å². The smallest absolute Gasteiger partial charge is 0.278 e. The third-order valence-electron chi connectivity index (χ3n) is 6.37. The summed E-state index contributed by atoms with van der Waals surface area (Å²) in [6, 6.07) is 16.9. The number of halogens is 1. The molecule has 5 rings (SSSR count). The minimum Gasteiger partial charge on any atom is -0.337 e. The number of aryl methyl sites for hydroxylation is 1. The molecule has 1 saturated heterocycles. The molecule has 1 fully saturated rings. The van der Waals surface area contributed by atoms with Gasteiger partial charge in [-0.1, -0.05) is 47.6 Å². The molecule has 1 atom stereocenters. The molecule has 1 aliphatic rings. The number of rotatable bonds is 5. The maximum atomic E-state index is 14.3. The number of hydrogen-bond acceptors (Lipinski definition) is 7. The number of nitrogens with zero attached hydrogens (tertiary/aromatic N) is 6. The summed E-state index contributed by atoms with van der Waals surface area (Å²) in [4.78, 5) is 34.1. The first-order valence-corrected chi connectivity index (χ1v) is 11.7. The van der Waals surface area contributed by atoms with Crippen molar-refractivity contribution in [1.82, 2.24) is 29.7 Å². The van der Waals surface area contributed by atoms with E-state index in [0.29, 0.717) is 43.6 Å². The number of carbonyl (C=O) groups is 1. The minimum absolute atomic E-state index is 0.136. The normalized spacial score (nSPS) is 15.1. The number of amides is 1. The summed E-state index contributed by atoms with van der Waals surface area (Å²) in [7, 11) is 0. The average molecular weight is 489 g/mol. The molecule has 1 amide bonds. The summed E-state index contributed by atoms with van der Waals surface area (Å²) in [5, 5.41) is 8.33. The molecular weight excluding hydrogens is 463 g/mol. The van der Waals surface area contributed by atoms with Crippen molar-refractivity contribution in [3.05, 3.63) is 94.0 Å². The van der Waals surface area contributed by atoms with Crippen LogP contribution in [0.25, 0.3) is 17.1 Å². The lowest BCUT2D eigenvalue weighted by atomic mass is 10.2. The monoisotopic (exact) mass is 488 g/mol. The first-order chi connectivity index (χ1) is 17.4. The topological polar surface area (TPSA) is 97.4 Å². The largest absolute Gasteiger partial charge is 0.337 e. The third-order valence-corrected chi connectivity index (χ3v) is 6.37. The van der Waals surface area contributed by atoms with Crippen LogP contribution < -0.4 is 5.43 Å². The van der Waals surface area contributed by atoms with Crippen LogP contribution in [0.3, 0.4) is 0 Å². The summed E-state index contributed by atoms with van der Waals surface area (Å²) in [6.07, 6.45) is 0. The quantitative estimate of drug-likeness (QED) is 0.425. The Hall–Kier alpha value is -4.18. The molecule has 0 N–H and O–H groups in total. The molecule has 1 aliphatic heterocycles. The van der Waals surface area contributed by atoms with E-state index in [0.717, 1.165) is 5.56 Å². The van der Waals surface area contributed by atoms with Crippen LogP contribution in [0.5, 0.6) is 0 Å². The van der Waals surface area contributed by atoms with Crippen molar-refractivity contribution in [2.75, 3.05) is 26.2 Å². The number of aromatic nitrogens is 4. The Morgan fingerprint density at radius 2 is 1.72 bits per heavy atom. The van der Waals surface area contributed by atoms with Crippen molar-refractivity contribution in [3.8, 4) is 17.1 Å². The molecule has 2 aromatic heterocycles. The van der Waals surface area contributed by atoms with Crippen molar-refractivity contribution in [1.29, 1.82) is 0 Å². The zero-order chi connectivity index (χ0) is 25.2. The van der Waals surface area contributed by atoms with Gasteiger partial charge in [0.1, 0.15) is 11.5 Å². The van der Waals surface area contributed by atoms with Gasteiger partial charge in [0.15, 0.2) is 5.69 Å². The molecule has 36 heavy (non-hydrogen) atoms. The predicted molar refractivity (Wildman–Crippen MR) is 130 cm³/mol. The number of para-hydroxylation sites is 1. The van der Waals surface area contributed by atoms with Gasteiger partial charge in [-0.2, -0.15) is 10.1 Å². The zero-order valence-corrected chi connectivity index (χ0v) is 20.0. The first-order valence-electron chi connectivity index (χ1n) is 11.7. The van der Waals surface area contributed by atoms with Crippen molar-refractivity contribution >= 4 is 5.91 Å². The van der Waals surface area contributed by atoms with Crippen molar-refractivity contribution < 1.29 is 13.7 Å². The molecule has 9 nitrogen and oxygen atoms in total.